The molecule has 1 aromatic carbocycles. The number of rotatable bonds is 2. The number of carbonyl (C=O) groups is 3. The molecule has 2 bridgehead atoms. The summed E-state index contributed by atoms with van der Waals surface area (Å²) >= 11 is 0. The normalized spacial score (nSPS) is 29.1. The minimum atomic E-state index is -1.12. The molecule has 1 aromatic heterocycles. The van der Waals surface area contributed by atoms with Crippen LogP contribution in [0.2, 0.25) is 0 Å². The largest absolute Gasteiger partial charge is 0.480 e. The van der Waals surface area contributed by atoms with Crippen molar-refractivity contribution in [2.24, 2.45) is 11.8 Å². The highest BCUT2D eigenvalue weighted by atomic mass is 16.6. The predicted octanol–water partition coefficient (Wildman–Crippen LogP) is 4.63. The van der Waals surface area contributed by atoms with Crippen LogP contribution in [0.4, 0.5) is 4.79 Å². The standard InChI is InChI=1S/C33H41N3O7/c37-30-25-15-7-6-13-23(25)18-28-35(30)17-8-2-1-3-10-21-14-9-16-27(21)43-33(41)34-29(22-11-4-5-12-22)31(38)36-20-24(42-28)19-26(36)32(39)40/h2,6-8,13,15,18,21-22,24,26-27,29H,1,3-5,9-12,14,16-17,19-20H2,(H,34,41)(H,39,40)/t21-,24-,26+,27-,29+/m1/s1. The van der Waals surface area contributed by atoms with Gasteiger partial charge in [0.2, 0.25) is 5.91 Å². The number of allylic oxidation sites excluding steroid dienone is 2. The minimum absolute atomic E-state index is 0.0390. The second-order valence-corrected chi connectivity index (χ2v) is 12.5. The fourth-order valence-corrected chi connectivity index (χ4v) is 7.51. The van der Waals surface area contributed by atoms with Gasteiger partial charge in [-0.25, -0.2) is 9.59 Å². The number of carbonyl (C=O) groups excluding carboxylic acids is 2. The Morgan fingerprint density at radius 1 is 0.907 bits per heavy atom. The van der Waals surface area contributed by atoms with Crippen LogP contribution in [0.25, 0.3) is 10.8 Å². The van der Waals surface area contributed by atoms with Crippen molar-refractivity contribution in [2.45, 2.75) is 101 Å². The Morgan fingerprint density at radius 3 is 2.49 bits per heavy atom. The molecule has 2 aromatic rings. The van der Waals surface area contributed by atoms with E-state index in [0.717, 1.165) is 69.6 Å². The van der Waals surface area contributed by atoms with Gasteiger partial charge >= 0.3 is 12.1 Å². The Bertz CT molecular complexity index is 1450. The van der Waals surface area contributed by atoms with Gasteiger partial charge in [-0.15, -0.1) is 0 Å². The molecule has 0 radical (unpaired) electrons. The summed E-state index contributed by atoms with van der Waals surface area (Å²) in [4.78, 5) is 54.5. The molecule has 230 valence electrons. The number of pyridine rings is 1. The highest BCUT2D eigenvalue weighted by Gasteiger charge is 2.46. The Labute approximate surface area is 251 Å². The second kappa shape index (κ2) is 12.8. The molecule has 10 heteroatoms. The number of carboxylic acids is 1. The number of hydrogen-bond donors (Lipinski definition) is 2. The molecule has 5 atom stereocenters. The third-order valence-corrected chi connectivity index (χ3v) is 9.76. The van der Waals surface area contributed by atoms with Crippen LogP contribution in [0.15, 0.2) is 47.3 Å². The maximum atomic E-state index is 14.1. The summed E-state index contributed by atoms with van der Waals surface area (Å²) in [6.07, 6.45) is 11.6. The van der Waals surface area contributed by atoms with E-state index in [1.807, 2.05) is 30.3 Å². The fourth-order valence-electron chi connectivity index (χ4n) is 7.51. The molecule has 2 N–H and O–H groups in total. The summed E-state index contributed by atoms with van der Waals surface area (Å²) in [6, 6.07) is 7.17. The Hall–Kier alpha value is -3.82. The van der Waals surface area contributed by atoms with Gasteiger partial charge in [-0.1, -0.05) is 43.2 Å². The van der Waals surface area contributed by atoms with E-state index in [4.69, 9.17) is 9.47 Å². The van der Waals surface area contributed by atoms with Gasteiger partial charge in [-0.3, -0.25) is 14.2 Å². The molecule has 1 saturated heterocycles. The molecule has 2 aliphatic carbocycles. The van der Waals surface area contributed by atoms with Crippen LogP contribution in [0.3, 0.4) is 0 Å². The lowest BCUT2D eigenvalue weighted by molar-refractivity contribution is -0.149. The van der Waals surface area contributed by atoms with Crippen molar-refractivity contribution in [3.05, 3.63) is 52.8 Å². The van der Waals surface area contributed by atoms with Crippen LogP contribution in [0.1, 0.15) is 70.6 Å². The molecular weight excluding hydrogens is 550 g/mol. The number of nitrogens with zero attached hydrogens (tertiary/aromatic N) is 2. The van der Waals surface area contributed by atoms with Crippen molar-refractivity contribution in [1.82, 2.24) is 14.8 Å². The second-order valence-electron chi connectivity index (χ2n) is 12.5. The van der Waals surface area contributed by atoms with Gasteiger partial charge in [-0.05, 0) is 74.7 Å². The lowest BCUT2D eigenvalue weighted by Gasteiger charge is -2.31. The first-order valence-electron chi connectivity index (χ1n) is 15.8. The third-order valence-electron chi connectivity index (χ3n) is 9.76. The first-order chi connectivity index (χ1) is 20.9. The van der Waals surface area contributed by atoms with E-state index in [0.29, 0.717) is 17.8 Å². The van der Waals surface area contributed by atoms with Crippen molar-refractivity contribution in [3.63, 3.8) is 0 Å². The van der Waals surface area contributed by atoms with Crippen LogP contribution in [0, 0.1) is 11.8 Å². The number of fused-ring (bicyclic) bond motifs is 5. The number of benzene rings is 1. The summed E-state index contributed by atoms with van der Waals surface area (Å²) in [6.45, 7) is 0.353. The molecule has 0 unspecified atom stereocenters. The number of aliphatic carboxylic acids is 1. The lowest BCUT2D eigenvalue weighted by Crippen LogP contribution is -2.55. The molecule has 3 fully saturated rings. The molecule has 0 spiro atoms. The molecule has 6 rings (SSSR count). The average Bonchev–Trinajstić information content (AvgIpc) is 3.76. The van der Waals surface area contributed by atoms with E-state index in [1.54, 1.807) is 10.6 Å². The van der Waals surface area contributed by atoms with Gasteiger partial charge in [0.15, 0.2) is 5.88 Å². The van der Waals surface area contributed by atoms with Crippen molar-refractivity contribution in [3.8, 4) is 5.88 Å². The van der Waals surface area contributed by atoms with E-state index in [2.05, 4.69) is 11.4 Å². The van der Waals surface area contributed by atoms with E-state index in [9.17, 15) is 24.3 Å². The minimum Gasteiger partial charge on any atom is -0.480 e. The fraction of sp³-hybridized carbons (Fsp3) is 0.576. The van der Waals surface area contributed by atoms with Crippen LogP contribution in [0.5, 0.6) is 5.88 Å². The van der Waals surface area contributed by atoms with Crippen LogP contribution < -0.4 is 15.6 Å². The molecule has 43 heavy (non-hydrogen) atoms. The zero-order chi connectivity index (χ0) is 29.9. The maximum Gasteiger partial charge on any atom is 0.408 e. The van der Waals surface area contributed by atoms with Crippen molar-refractivity contribution in [1.29, 1.82) is 0 Å². The van der Waals surface area contributed by atoms with E-state index in [-0.39, 0.29) is 36.5 Å². The van der Waals surface area contributed by atoms with Crippen molar-refractivity contribution >= 4 is 28.7 Å². The first kappa shape index (κ1) is 29.3. The van der Waals surface area contributed by atoms with Crippen molar-refractivity contribution in [2.75, 3.05) is 6.54 Å². The number of amides is 2. The summed E-state index contributed by atoms with van der Waals surface area (Å²) in [5.74, 6) is -1.01. The van der Waals surface area contributed by atoms with Crippen molar-refractivity contribution < 1.29 is 29.0 Å². The summed E-state index contributed by atoms with van der Waals surface area (Å²) < 4.78 is 13.8. The quantitative estimate of drug-likeness (QED) is 0.488. The number of alkyl carbamates (subject to hydrolysis) is 1. The molecule has 2 amide bonds. The third kappa shape index (κ3) is 6.28. The average molecular weight is 592 g/mol. The van der Waals surface area contributed by atoms with E-state index >= 15 is 0 Å². The first-order valence-corrected chi connectivity index (χ1v) is 15.8. The van der Waals surface area contributed by atoms with Gasteiger partial charge in [0, 0.05) is 24.4 Å². The summed E-state index contributed by atoms with van der Waals surface area (Å²) in [7, 11) is 0. The van der Waals surface area contributed by atoms with Crippen LogP contribution in [-0.4, -0.2) is 63.4 Å². The number of ether oxygens (including phenoxy) is 2. The van der Waals surface area contributed by atoms with Gasteiger partial charge in [0.25, 0.3) is 5.56 Å². The molecular formula is C33H41N3O7. The van der Waals surface area contributed by atoms with Crippen LogP contribution in [-0.2, 0) is 20.9 Å². The monoisotopic (exact) mass is 591 g/mol. The highest BCUT2D eigenvalue weighted by Crippen LogP contribution is 2.34. The van der Waals surface area contributed by atoms with Gasteiger partial charge < -0.3 is 24.8 Å². The summed E-state index contributed by atoms with van der Waals surface area (Å²) in [5.41, 5.74) is -0.181. The molecule has 2 saturated carbocycles. The SMILES string of the molecule is O=C1N[C@@H](C2CCCC2)C(=O)N2C[C@@H](C[C@H]2C(=O)O)Oc2cc3ccccc3c(=O)n2CC=CCCC[C@@H]2CCC[C@H]2O1. The number of aromatic nitrogens is 1. The molecule has 3 heterocycles. The van der Waals surface area contributed by atoms with E-state index in [1.165, 1.54) is 4.90 Å². The molecule has 4 aliphatic rings. The highest BCUT2D eigenvalue weighted by molar-refractivity contribution is 5.90. The molecule has 10 nitrogen and oxygen atoms in total. The van der Waals surface area contributed by atoms with E-state index < -0.39 is 36.2 Å². The van der Waals surface area contributed by atoms with Gasteiger partial charge in [0.05, 0.1) is 6.54 Å². The number of hydrogen-bond acceptors (Lipinski definition) is 6. The predicted molar refractivity (Wildman–Crippen MR) is 160 cm³/mol. The number of nitrogens with one attached hydrogen (secondary N) is 1. The Morgan fingerprint density at radius 2 is 1.67 bits per heavy atom. The Balaban J connectivity index is 1.35. The zero-order valence-corrected chi connectivity index (χ0v) is 24.5. The summed E-state index contributed by atoms with van der Waals surface area (Å²) in [5, 5.41) is 14.3. The molecule has 2 aliphatic heterocycles. The lowest BCUT2D eigenvalue weighted by atomic mass is 9.96. The van der Waals surface area contributed by atoms with Crippen LogP contribution >= 0.6 is 0 Å². The smallest absolute Gasteiger partial charge is 0.408 e. The van der Waals surface area contributed by atoms with Gasteiger partial charge in [-0.2, -0.15) is 0 Å². The maximum absolute atomic E-state index is 14.1. The zero-order valence-electron chi connectivity index (χ0n) is 24.5. The topological polar surface area (TPSA) is 127 Å². The Kier molecular flexibility index (Phi) is 8.72. The number of carboxylic acid groups (broad SMARTS) is 1. The van der Waals surface area contributed by atoms with Gasteiger partial charge in [0.1, 0.15) is 24.3 Å².